The average Bonchev–Trinajstić information content (AvgIpc) is 2.90. The standard InChI is InChI=1S/C23H31N3O3/c1-13(2)16(25-20(28)18-22(4,5)23(18,6)7)21-26-17(14(3)29-21)19(27)24-15-11-9-8-10-12-15/h8-13,16,18H,1-7H3,(H,24,27)(H,25,28)/t16-/m0/s1. The SMILES string of the molecule is Cc1oc([C@@H](NC(=O)C2C(C)(C)C2(C)C)C(C)C)nc1C(=O)Nc1ccccc1. The molecule has 0 spiro atoms. The van der Waals surface area contributed by atoms with Crippen molar-refractivity contribution in [3.05, 3.63) is 47.7 Å². The Hall–Kier alpha value is -2.63. The number of rotatable bonds is 6. The van der Waals surface area contributed by atoms with Crippen molar-refractivity contribution in [3.63, 3.8) is 0 Å². The van der Waals surface area contributed by atoms with E-state index in [4.69, 9.17) is 4.42 Å². The maximum Gasteiger partial charge on any atom is 0.277 e. The Bertz CT molecular complexity index is 899. The molecule has 29 heavy (non-hydrogen) atoms. The number of nitrogens with one attached hydrogen (secondary N) is 2. The lowest BCUT2D eigenvalue weighted by Crippen LogP contribution is -2.34. The van der Waals surface area contributed by atoms with Gasteiger partial charge in [0.1, 0.15) is 11.8 Å². The van der Waals surface area contributed by atoms with Crippen molar-refractivity contribution in [2.45, 2.75) is 54.5 Å². The zero-order valence-corrected chi connectivity index (χ0v) is 18.3. The second-order valence-electron chi connectivity index (χ2n) is 9.38. The van der Waals surface area contributed by atoms with Crippen LogP contribution in [0.5, 0.6) is 0 Å². The summed E-state index contributed by atoms with van der Waals surface area (Å²) in [5.74, 6) is 0.465. The van der Waals surface area contributed by atoms with Crippen LogP contribution in [0.3, 0.4) is 0 Å². The predicted molar refractivity (Wildman–Crippen MR) is 112 cm³/mol. The fourth-order valence-corrected chi connectivity index (χ4v) is 4.07. The van der Waals surface area contributed by atoms with E-state index in [2.05, 4.69) is 43.3 Å². The number of para-hydroxylation sites is 1. The van der Waals surface area contributed by atoms with Gasteiger partial charge in [0, 0.05) is 11.6 Å². The van der Waals surface area contributed by atoms with Crippen LogP contribution >= 0.6 is 0 Å². The number of benzene rings is 1. The Morgan fingerprint density at radius 1 is 1.07 bits per heavy atom. The Morgan fingerprint density at radius 3 is 2.17 bits per heavy atom. The molecule has 0 aliphatic heterocycles. The summed E-state index contributed by atoms with van der Waals surface area (Å²) in [5, 5.41) is 5.93. The maximum absolute atomic E-state index is 12.9. The van der Waals surface area contributed by atoms with Crippen LogP contribution in [0.25, 0.3) is 0 Å². The van der Waals surface area contributed by atoms with Gasteiger partial charge in [-0.15, -0.1) is 0 Å². The van der Waals surface area contributed by atoms with Gasteiger partial charge in [-0.2, -0.15) is 0 Å². The predicted octanol–water partition coefficient (Wildman–Crippen LogP) is 4.73. The Balaban J connectivity index is 1.78. The third-order valence-corrected chi connectivity index (χ3v) is 6.57. The molecular weight excluding hydrogens is 366 g/mol. The van der Waals surface area contributed by atoms with Crippen molar-refractivity contribution >= 4 is 17.5 Å². The molecule has 1 atom stereocenters. The second-order valence-corrected chi connectivity index (χ2v) is 9.38. The van der Waals surface area contributed by atoms with Crippen molar-refractivity contribution < 1.29 is 14.0 Å². The summed E-state index contributed by atoms with van der Waals surface area (Å²) < 4.78 is 5.82. The van der Waals surface area contributed by atoms with Crippen molar-refractivity contribution in [2.75, 3.05) is 5.32 Å². The summed E-state index contributed by atoms with van der Waals surface area (Å²) in [6.45, 7) is 14.2. The molecule has 1 aromatic carbocycles. The van der Waals surface area contributed by atoms with E-state index in [-0.39, 0.29) is 40.2 Å². The highest BCUT2D eigenvalue weighted by Gasteiger charge is 2.68. The van der Waals surface area contributed by atoms with Crippen LogP contribution in [-0.2, 0) is 4.79 Å². The van der Waals surface area contributed by atoms with Crippen LogP contribution in [0, 0.1) is 29.6 Å². The number of carbonyl (C=O) groups is 2. The summed E-state index contributed by atoms with van der Waals surface area (Å²) in [6.07, 6.45) is 0. The fraction of sp³-hybridized carbons (Fsp3) is 0.522. The third kappa shape index (κ3) is 3.80. The summed E-state index contributed by atoms with van der Waals surface area (Å²) >= 11 is 0. The highest BCUT2D eigenvalue weighted by molar-refractivity contribution is 6.03. The van der Waals surface area contributed by atoms with E-state index < -0.39 is 6.04 Å². The van der Waals surface area contributed by atoms with E-state index in [0.29, 0.717) is 17.3 Å². The molecule has 1 aliphatic carbocycles. The first-order valence-electron chi connectivity index (χ1n) is 10.1. The zero-order chi connectivity index (χ0) is 21.6. The molecule has 0 radical (unpaired) electrons. The molecule has 1 saturated carbocycles. The number of hydrogen-bond acceptors (Lipinski definition) is 4. The van der Waals surface area contributed by atoms with Gasteiger partial charge in [-0.05, 0) is 35.8 Å². The molecule has 1 aromatic heterocycles. The number of aromatic nitrogens is 1. The molecule has 2 aromatic rings. The normalized spacial score (nSPS) is 18.3. The van der Waals surface area contributed by atoms with Crippen molar-refractivity contribution in [2.24, 2.45) is 22.7 Å². The molecule has 1 heterocycles. The van der Waals surface area contributed by atoms with Gasteiger partial charge in [0.2, 0.25) is 11.8 Å². The van der Waals surface area contributed by atoms with Crippen LogP contribution in [0.15, 0.2) is 34.7 Å². The highest BCUT2D eigenvalue weighted by Crippen LogP contribution is 2.68. The van der Waals surface area contributed by atoms with Gasteiger partial charge in [-0.1, -0.05) is 59.7 Å². The number of anilines is 1. The molecule has 3 rings (SSSR count). The number of carbonyl (C=O) groups excluding carboxylic acids is 2. The molecule has 156 valence electrons. The number of amides is 2. The summed E-state index contributed by atoms with van der Waals surface area (Å²) in [6, 6.07) is 8.80. The van der Waals surface area contributed by atoms with Gasteiger partial charge in [0.05, 0.1) is 0 Å². The first-order chi connectivity index (χ1) is 13.5. The van der Waals surface area contributed by atoms with E-state index in [1.54, 1.807) is 6.92 Å². The molecule has 6 heteroatoms. The van der Waals surface area contributed by atoms with Gasteiger partial charge >= 0.3 is 0 Å². The number of oxazole rings is 1. The van der Waals surface area contributed by atoms with Crippen molar-refractivity contribution in [3.8, 4) is 0 Å². The first kappa shape index (κ1) is 21.1. The number of nitrogens with zero attached hydrogens (tertiary/aromatic N) is 1. The first-order valence-corrected chi connectivity index (χ1v) is 10.1. The molecule has 0 unspecified atom stereocenters. The lowest BCUT2D eigenvalue weighted by Gasteiger charge is -2.20. The summed E-state index contributed by atoms with van der Waals surface area (Å²) in [7, 11) is 0. The Kier molecular flexibility index (Phi) is 5.32. The lowest BCUT2D eigenvalue weighted by molar-refractivity contribution is -0.124. The van der Waals surface area contributed by atoms with Gasteiger partial charge in [0.15, 0.2) is 5.69 Å². The van der Waals surface area contributed by atoms with Gasteiger partial charge in [-0.25, -0.2) is 4.98 Å². The molecule has 6 nitrogen and oxygen atoms in total. The molecule has 0 bridgehead atoms. The lowest BCUT2D eigenvalue weighted by atomic mass is 10.0. The Labute approximate surface area is 172 Å². The van der Waals surface area contributed by atoms with Crippen LogP contribution in [0.2, 0.25) is 0 Å². The highest BCUT2D eigenvalue weighted by atomic mass is 16.4. The van der Waals surface area contributed by atoms with Crippen LogP contribution in [-0.4, -0.2) is 16.8 Å². The zero-order valence-electron chi connectivity index (χ0n) is 18.3. The number of hydrogen-bond donors (Lipinski definition) is 2. The second kappa shape index (κ2) is 7.32. The quantitative estimate of drug-likeness (QED) is 0.738. The van der Waals surface area contributed by atoms with Crippen LogP contribution in [0.4, 0.5) is 5.69 Å². The minimum atomic E-state index is -0.397. The minimum Gasteiger partial charge on any atom is -0.443 e. The monoisotopic (exact) mass is 397 g/mol. The van der Waals surface area contributed by atoms with Gasteiger partial charge in [0.25, 0.3) is 5.91 Å². The van der Waals surface area contributed by atoms with Gasteiger partial charge < -0.3 is 15.1 Å². The average molecular weight is 398 g/mol. The van der Waals surface area contributed by atoms with Crippen molar-refractivity contribution in [1.29, 1.82) is 0 Å². The fourth-order valence-electron chi connectivity index (χ4n) is 4.07. The molecule has 0 saturated heterocycles. The van der Waals surface area contributed by atoms with Crippen LogP contribution < -0.4 is 10.6 Å². The third-order valence-electron chi connectivity index (χ3n) is 6.57. The smallest absolute Gasteiger partial charge is 0.277 e. The van der Waals surface area contributed by atoms with Crippen LogP contribution in [0.1, 0.15) is 69.7 Å². The molecule has 1 fully saturated rings. The topological polar surface area (TPSA) is 84.2 Å². The summed E-state index contributed by atoms with van der Waals surface area (Å²) in [5.41, 5.74) is 0.821. The summed E-state index contributed by atoms with van der Waals surface area (Å²) in [4.78, 5) is 30.0. The van der Waals surface area contributed by atoms with E-state index >= 15 is 0 Å². The van der Waals surface area contributed by atoms with E-state index in [9.17, 15) is 9.59 Å². The molecule has 1 aliphatic rings. The molecule has 2 amide bonds. The van der Waals surface area contributed by atoms with E-state index in [0.717, 1.165) is 0 Å². The van der Waals surface area contributed by atoms with E-state index in [1.807, 2.05) is 44.2 Å². The largest absolute Gasteiger partial charge is 0.443 e. The van der Waals surface area contributed by atoms with Gasteiger partial charge in [-0.3, -0.25) is 9.59 Å². The van der Waals surface area contributed by atoms with E-state index in [1.165, 1.54) is 0 Å². The molecule has 2 N–H and O–H groups in total. The maximum atomic E-state index is 12.9. The molecular formula is C23H31N3O3. The number of aryl methyl sites for hydroxylation is 1. The minimum absolute atomic E-state index is 0.00448. The van der Waals surface area contributed by atoms with Crippen molar-refractivity contribution in [1.82, 2.24) is 10.3 Å². The Morgan fingerprint density at radius 2 is 1.66 bits per heavy atom.